The Morgan fingerprint density at radius 1 is 0.895 bits per heavy atom. The largest absolute Gasteiger partial charge is 0.397 e. The van der Waals surface area contributed by atoms with Crippen molar-refractivity contribution in [2.45, 2.75) is 0 Å². The maximum atomic E-state index is 5.57. The van der Waals surface area contributed by atoms with Crippen LogP contribution in [0.2, 0.25) is 0 Å². The van der Waals surface area contributed by atoms with Gasteiger partial charge in [0.05, 0.1) is 11.9 Å². The van der Waals surface area contributed by atoms with Crippen molar-refractivity contribution < 1.29 is 0 Å². The van der Waals surface area contributed by atoms with E-state index in [0.717, 1.165) is 0 Å². The molecule has 8 nitrogen and oxygen atoms in total. The molecule has 0 atom stereocenters. The maximum absolute atomic E-state index is 5.57. The third-order valence-electron chi connectivity index (χ3n) is 2.35. The van der Waals surface area contributed by atoms with Crippen LogP contribution in [0.1, 0.15) is 11.5 Å². The van der Waals surface area contributed by atoms with E-state index >= 15 is 0 Å². The molecule has 1 aliphatic rings. The Morgan fingerprint density at radius 3 is 2.26 bits per heavy atom. The number of rotatable bonds is 2. The molecule has 3 heterocycles. The quantitative estimate of drug-likeness (QED) is 0.676. The van der Waals surface area contributed by atoms with E-state index in [1.807, 2.05) is 0 Å². The van der Waals surface area contributed by atoms with Gasteiger partial charge in [0.15, 0.2) is 11.7 Å². The minimum absolute atomic E-state index is 0.444. The monoisotopic (exact) mass is 254 g/mol. The highest BCUT2D eigenvalue weighted by Gasteiger charge is 2.13. The Balaban J connectivity index is 1.78. The van der Waals surface area contributed by atoms with Crippen LogP contribution in [0.4, 0.5) is 5.69 Å². The van der Waals surface area contributed by atoms with Crippen LogP contribution in [-0.2, 0) is 0 Å². The van der Waals surface area contributed by atoms with Crippen LogP contribution in [0.25, 0.3) is 0 Å². The highest BCUT2D eigenvalue weighted by Crippen LogP contribution is 2.03. The Morgan fingerprint density at radius 2 is 1.63 bits per heavy atom. The van der Waals surface area contributed by atoms with Crippen molar-refractivity contribution in [3.05, 3.63) is 48.3 Å². The van der Waals surface area contributed by atoms with Gasteiger partial charge in [0.1, 0.15) is 5.69 Å². The van der Waals surface area contributed by atoms with Crippen molar-refractivity contribution in [2.75, 3.05) is 5.73 Å². The highest BCUT2D eigenvalue weighted by molar-refractivity contribution is 6.03. The Kier molecular flexibility index (Phi) is 2.73. The van der Waals surface area contributed by atoms with Gasteiger partial charge in [-0.1, -0.05) is 0 Å². The van der Waals surface area contributed by atoms with Crippen LogP contribution in [0.15, 0.2) is 47.0 Å². The molecule has 19 heavy (non-hydrogen) atoms. The van der Waals surface area contributed by atoms with Crippen LogP contribution in [0, 0.1) is 0 Å². The fourth-order valence-corrected chi connectivity index (χ4v) is 1.45. The first kappa shape index (κ1) is 11.1. The summed E-state index contributed by atoms with van der Waals surface area (Å²) in [6.45, 7) is 0. The summed E-state index contributed by atoms with van der Waals surface area (Å²) < 4.78 is 0. The predicted octanol–water partition coefficient (Wildman–Crippen LogP) is -0.330. The van der Waals surface area contributed by atoms with Gasteiger partial charge in [0.25, 0.3) is 0 Å². The van der Waals surface area contributed by atoms with Gasteiger partial charge in [-0.3, -0.25) is 15.8 Å². The van der Waals surface area contributed by atoms with Gasteiger partial charge in [-0.05, 0) is 18.2 Å². The van der Waals surface area contributed by atoms with Crippen molar-refractivity contribution in [1.82, 2.24) is 25.8 Å². The SMILES string of the molecule is Nc1ccc(C2=NNC(c3ncccn3)=NN2)nc1. The molecule has 8 heteroatoms. The number of amidine groups is 2. The van der Waals surface area contributed by atoms with Crippen molar-refractivity contribution in [3.8, 4) is 0 Å². The Hall–Kier alpha value is -3.03. The van der Waals surface area contributed by atoms with Crippen LogP contribution in [0.5, 0.6) is 0 Å². The van der Waals surface area contributed by atoms with Crippen molar-refractivity contribution in [2.24, 2.45) is 10.2 Å². The number of hydrazone groups is 2. The van der Waals surface area contributed by atoms with E-state index in [9.17, 15) is 0 Å². The summed E-state index contributed by atoms with van der Waals surface area (Å²) in [5, 5.41) is 8.24. The topological polar surface area (TPSA) is 113 Å². The zero-order valence-electron chi connectivity index (χ0n) is 9.78. The molecule has 0 aliphatic carbocycles. The molecule has 3 rings (SSSR count). The first-order chi connectivity index (χ1) is 9.33. The summed E-state index contributed by atoms with van der Waals surface area (Å²) in [5.74, 6) is 1.41. The lowest BCUT2D eigenvalue weighted by Crippen LogP contribution is -2.35. The van der Waals surface area contributed by atoms with Crippen molar-refractivity contribution in [1.29, 1.82) is 0 Å². The standard InChI is InChI=1S/C11H10N8/c12-7-2-3-8(15-6-7)9-16-18-11(19-17-9)10-13-4-1-5-14-10/h1-6H,12H2,(H,16,17)(H,18,19). The van der Waals surface area contributed by atoms with E-state index in [1.54, 1.807) is 36.8 Å². The summed E-state index contributed by atoms with van der Waals surface area (Å²) >= 11 is 0. The van der Waals surface area contributed by atoms with Crippen LogP contribution >= 0.6 is 0 Å². The van der Waals surface area contributed by atoms with Gasteiger partial charge in [0.2, 0.25) is 5.84 Å². The van der Waals surface area contributed by atoms with Gasteiger partial charge in [-0.15, -0.1) is 0 Å². The highest BCUT2D eigenvalue weighted by atomic mass is 15.5. The number of nitrogens with two attached hydrogens (primary N) is 1. The molecular weight excluding hydrogens is 244 g/mol. The summed E-state index contributed by atoms with van der Waals surface area (Å²) in [7, 11) is 0. The molecule has 0 saturated carbocycles. The number of aromatic nitrogens is 3. The van der Waals surface area contributed by atoms with E-state index < -0.39 is 0 Å². The van der Waals surface area contributed by atoms with Crippen LogP contribution in [0.3, 0.4) is 0 Å². The lowest BCUT2D eigenvalue weighted by Gasteiger charge is -2.13. The number of nitrogen functional groups attached to an aromatic ring is 1. The maximum Gasteiger partial charge on any atom is 0.211 e. The molecule has 0 bridgehead atoms. The molecular formula is C11H10N8. The first-order valence-electron chi connectivity index (χ1n) is 5.49. The second-order valence-corrected chi connectivity index (χ2v) is 3.69. The second-order valence-electron chi connectivity index (χ2n) is 3.69. The molecule has 0 saturated heterocycles. The molecule has 94 valence electrons. The molecule has 4 N–H and O–H groups in total. The molecule has 1 aliphatic heterocycles. The second kappa shape index (κ2) is 4.69. The van der Waals surface area contributed by atoms with Crippen LogP contribution in [-0.4, -0.2) is 26.6 Å². The first-order valence-corrected chi connectivity index (χ1v) is 5.49. The van der Waals surface area contributed by atoms with Crippen LogP contribution < -0.4 is 16.6 Å². The minimum atomic E-state index is 0.444. The molecule has 0 amide bonds. The van der Waals surface area contributed by atoms with Gasteiger partial charge >= 0.3 is 0 Å². The average molecular weight is 254 g/mol. The Labute approximate surface area is 108 Å². The number of nitrogens with zero attached hydrogens (tertiary/aromatic N) is 5. The van der Waals surface area contributed by atoms with Gasteiger partial charge < -0.3 is 5.73 Å². The third kappa shape index (κ3) is 2.32. The molecule has 0 aromatic carbocycles. The van der Waals surface area contributed by atoms with Gasteiger partial charge in [-0.25, -0.2) is 9.97 Å². The van der Waals surface area contributed by atoms with E-state index in [2.05, 4.69) is 36.0 Å². The molecule has 2 aromatic rings. The van der Waals surface area contributed by atoms with E-state index in [1.165, 1.54) is 0 Å². The number of hydrogen-bond donors (Lipinski definition) is 3. The van der Waals surface area contributed by atoms with Gasteiger partial charge in [0, 0.05) is 12.4 Å². The lowest BCUT2D eigenvalue weighted by molar-refractivity contribution is 0.864. The third-order valence-corrected chi connectivity index (χ3v) is 2.35. The normalized spacial score (nSPS) is 13.9. The summed E-state index contributed by atoms with van der Waals surface area (Å²) in [6, 6.07) is 5.22. The van der Waals surface area contributed by atoms with E-state index in [-0.39, 0.29) is 0 Å². The van der Waals surface area contributed by atoms with Crippen molar-refractivity contribution in [3.63, 3.8) is 0 Å². The zero-order chi connectivity index (χ0) is 13.1. The van der Waals surface area contributed by atoms with Crippen molar-refractivity contribution >= 4 is 17.4 Å². The summed E-state index contributed by atoms with van der Waals surface area (Å²) in [5.41, 5.74) is 12.4. The lowest BCUT2D eigenvalue weighted by atomic mass is 10.3. The summed E-state index contributed by atoms with van der Waals surface area (Å²) in [4.78, 5) is 12.3. The minimum Gasteiger partial charge on any atom is -0.397 e. The Bertz CT molecular complexity index is 632. The molecule has 2 aromatic heterocycles. The van der Waals surface area contributed by atoms with E-state index in [0.29, 0.717) is 28.9 Å². The number of anilines is 1. The number of pyridine rings is 1. The fraction of sp³-hybridized carbons (Fsp3) is 0. The fourth-order valence-electron chi connectivity index (χ4n) is 1.45. The number of nitrogens with one attached hydrogen (secondary N) is 2. The zero-order valence-corrected chi connectivity index (χ0v) is 9.78. The smallest absolute Gasteiger partial charge is 0.211 e. The van der Waals surface area contributed by atoms with Gasteiger partial charge in [-0.2, -0.15) is 10.2 Å². The average Bonchev–Trinajstić information content (AvgIpc) is 2.49. The molecule has 0 radical (unpaired) electrons. The predicted molar refractivity (Wildman–Crippen MR) is 70.0 cm³/mol. The molecule has 0 fully saturated rings. The summed E-state index contributed by atoms with van der Waals surface area (Å²) in [6.07, 6.45) is 4.82. The number of hydrogen-bond acceptors (Lipinski definition) is 8. The van der Waals surface area contributed by atoms with E-state index in [4.69, 9.17) is 5.73 Å². The molecule has 0 spiro atoms. The molecule has 0 unspecified atom stereocenters.